The lowest BCUT2D eigenvalue weighted by Gasteiger charge is -2.19. The highest BCUT2D eigenvalue weighted by molar-refractivity contribution is 4.65. The fourth-order valence-corrected chi connectivity index (χ4v) is 3.79. The summed E-state index contributed by atoms with van der Waals surface area (Å²) in [6.07, 6.45) is 19.9. The summed E-state index contributed by atoms with van der Waals surface area (Å²) in [7, 11) is 2.21. The summed E-state index contributed by atoms with van der Waals surface area (Å²) < 4.78 is 0. The Hall–Kier alpha value is -0.0800. The van der Waals surface area contributed by atoms with E-state index in [0.717, 1.165) is 18.9 Å². The van der Waals surface area contributed by atoms with E-state index in [4.69, 9.17) is 0 Å². The maximum atomic E-state index is 3.92. The summed E-state index contributed by atoms with van der Waals surface area (Å²) in [5.41, 5.74) is 0. The first-order valence-corrected chi connectivity index (χ1v) is 10.5. The highest BCUT2D eigenvalue weighted by Gasteiger charge is 2.09. The SMILES string of the molecule is [CH2]CCN(C)CCCNCC1CCCCCCCCCCCC1. The van der Waals surface area contributed by atoms with Crippen LogP contribution in [0.25, 0.3) is 0 Å². The highest BCUT2D eigenvalue weighted by Crippen LogP contribution is 2.20. The van der Waals surface area contributed by atoms with Crippen LogP contribution in [0.5, 0.6) is 0 Å². The van der Waals surface area contributed by atoms with Crippen LogP contribution in [-0.2, 0) is 0 Å². The fraction of sp³-hybridized carbons (Fsp3) is 0.952. The van der Waals surface area contributed by atoms with Crippen molar-refractivity contribution in [2.24, 2.45) is 5.92 Å². The van der Waals surface area contributed by atoms with Gasteiger partial charge in [-0.05, 0) is 64.8 Å². The van der Waals surface area contributed by atoms with Crippen LogP contribution in [0, 0.1) is 12.8 Å². The van der Waals surface area contributed by atoms with Crippen LogP contribution in [0.2, 0.25) is 0 Å². The maximum absolute atomic E-state index is 3.92. The number of nitrogens with one attached hydrogen (secondary N) is 1. The average molecular weight is 324 g/mol. The van der Waals surface area contributed by atoms with Crippen LogP contribution >= 0.6 is 0 Å². The zero-order chi connectivity index (χ0) is 16.6. The Morgan fingerprint density at radius 3 is 1.87 bits per heavy atom. The molecule has 0 amide bonds. The molecule has 1 saturated carbocycles. The quantitative estimate of drug-likeness (QED) is 0.599. The molecule has 23 heavy (non-hydrogen) atoms. The average Bonchev–Trinajstić information content (AvgIpc) is 2.56. The lowest BCUT2D eigenvalue weighted by Crippen LogP contribution is -2.28. The molecule has 0 bridgehead atoms. The molecule has 1 radical (unpaired) electrons. The molecule has 0 spiro atoms. The van der Waals surface area contributed by atoms with E-state index in [0.29, 0.717) is 0 Å². The van der Waals surface area contributed by atoms with Crippen LogP contribution in [-0.4, -0.2) is 38.1 Å². The second-order valence-corrected chi connectivity index (χ2v) is 7.69. The third kappa shape index (κ3) is 12.9. The third-order valence-electron chi connectivity index (χ3n) is 5.34. The van der Waals surface area contributed by atoms with E-state index in [1.165, 1.54) is 103 Å². The minimum atomic E-state index is 0.924. The van der Waals surface area contributed by atoms with Gasteiger partial charge in [0.1, 0.15) is 0 Å². The van der Waals surface area contributed by atoms with E-state index < -0.39 is 0 Å². The summed E-state index contributed by atoms with van der Waals surface area (Å²) in [5, 5.41) is 3.73. The summed E-state index contributed by atoms with van der Waals surface area (Å²) in [5.74, 6) is 0.924. The molecule has 0 atom stereocenters. The van der Waals surface area contributed by atoms with Crippen LogP contribution in [0.1, 0.15) is 89.9 Å². The molecule has 0 saturated heterocycles. The Bertz CT molecular complexity index is 228. The van der Waals surface area contributed by atoms with E-state index >= 15 is 0 Å². The summed E-state index contributed by atoms with van der Waals surface area (Å²) >= 11 is 0. The van der Waals surface area contributed by atoms with Gasteiger partial charge >= 0.3 is 0 Å². The molecule has 2 nitrogen and oxygen atoms in total. The van der Waals surface area contributed by atoms with Crippen molar-refractivity contribution in [2.75, 3.05) is 33.2 Å². The molecule has 2 heteroatoms. The summed E-state index contributed by atoms with van der Waals surface area (Å²) in [6.45, 7) is 8.68. The van der Waals surface area contributed by atoms with Gasteiger partial charge in [0, 0.05) is 0 Å². The minimum Gasteiger partial charge on any atom is -0.316 e. The van der Waals surface area contributed by atoms with Gasteiger partial charge in [0.2, 0.25) is 0 Å². The molecule has 0 heterocycles. The number of hydrogen-bond donors (Lipinski definition) is 1. The molecular weight excluding hydrogens is 280 g/mol. The van der Waals surface area contributed by atoms with Gasteiger partial charge < -0.3 is 10.2 Å². The van der Waals surface area contributed by atoms with Crippen molar-refractivity contribution in [2.45, 2.75) is 89.9 Å². The monoisotopic (exact) mass is 323 g/mol. The molecular formula is C21H43N2. The number of nitrogens with zero attached hydrogens (tertiary/aromatic N) is 1. The Balaban J connectivity index is 2.12. The molecule has 0 unspecified atom stereocenters. The second kappa shape index (κ2) is 15.4. The van der Waals surface area contributed by atoms with Gasteiger partial charge in [0.25, 0.3) is 0 Å². The van der Waals surface area contributed by atoms with Crippen LogP contribution in [0.15, 0.2) is 0 Å². The Kier molecular flexibility index (Phi) is 14.1. The second-order valence-electron chi connectivity index (χ2n) is 7.69. The largest absolute Gasteiger partial charge is 0.316 e. The van der Waals surface area contributed by atoms with Crippen molar-refractivity contribution < 1.29 is 0 Å². The Morgan fingerprint density at radius 1 is 0.826 bits per heavy atom. The van der Waals surface area contributed by atoms with Crippen LogP contribution < -0.4 is 5.32 Å². The minimum absolute atomic E-state index is 0.924. The third-order valence-corrected chi connectivity index (χ3v) is 5.34. The number of hydrogen-bond acceptors (Lipinski definition) is 2. The van der Waals surface area contributed by atoms with Crippen LogP contribution in [0.3, 0.4) is 0 Å². The first-order chi connectivity index (χ1) is 11.3. The van der Waals surface area contributed by atoms with Gasteiger partial charge in [0.05, 0.1) is 0 Å². The molecule has 0 aliphatic heterocycles. The maximum Gasteiger partial charge on any atom is -0.000969 e. The normalized spacial score (nSPS) is 20.0. The topological polar surface area (TPSA) is 15.3 Å². The van der Waals surface area contributed by atoms with Crippen molar-refractivity contribution in [3.63, 3.8) is 0 Å². The first kappa shape index (κ1) is 21.0. The van der Waals surface area contributed by atoms with E-state index in [9.17, 15) is 0 Å². The van der Waals surface area contributed by atoms with Gasteiger partial charge in [0.15, 0.2) is 0 Å². The molecule has 1 aliphatic carbocycles. The fourth-order valence-electron chi connectivity index (χ4n) is 3.79. The van der Waals surface area contributed by atoms with Crippen molar-refractivity contribution in [3.05, 3.63) is 6.92 Å². The Morgan fingerprint density at radius 2 is 1.35 bits per heavy atom. The lowest BCUT2D eigenvalue weighted by molar-refractivity contribution is 0.326. The van der Waals surface area contributed by atoms with E-state index in [-0.39, 0.29) is 0 Å². The van der Waals surface area contributed by atoms with Gasteiger partial charge in [-0.25, -0.2) is 0 Å². The first-order valence-electron chi connectivity index (χ1n) is 10.5. The molecule has 1 aliphatic rings. The predicted molar refractivity (Wildman–Crippen MR) is 104 cm³/mol. The Labute approximate surface area is 146 Å². The molecule has 1 rings (SSSR count). The molecule has 1 fully saturated rings. The standard InChI is InChI=1S/C21H43N2/c1-3-18-23(2)19-14-17-22-20-21-15-12-10-8-6-4-5-7-9-11-13-16-21/h21-22H,1,3-20H2,2H3. The van der Waals surface area contributed by atoms with Gasteiger partial charge in [-0.15, -0.1) is 0 Å². The highest BCUT2D eigenvalue weighted by atomic mass is 15.1. The van der Waals surface area contributed by atoms with Crippen molar-refractivity contribution in [1.29, 1.82) is 0 Å². The zero-order valence-electron chi connectivity index (χ0n) is 16.0. The molecule has 1 N–H and O–H groups in total. The number of rotatable bonds is 8. The predicted octanol–water partition coefficient (Wildman–Crippen LogP) is 5.43. The lowest BCUT2D eigenvalue weighted by atomic mass is 9.94. The van der Waals surface area contributed by atoms with Crippen molar-refractivity contribution >= 4 is 0 Å². The van der Waals surface area contributed by atoms with Crippen molar-refractivity contribution in [3.8, 4) is 0 Å². The zero-order valence-corrected chi connectivity index (χ0v) is 16.0. The summed E-state index contributed by atoms with van der Waals surface area (Å²) in [4.78, 5) is 2.40. The summed E-state index contributed by atoms with van der Waals surface area (Å²) in [6, 6.07) is 0. The van der Waals surface area contributed by atoms with Crippen LogP contribution in [0.4, 0.5) is 0 Å². The van der Waals surface area contributed by atoms with E-state index in [1.54, 1.807) is 0 Å². The smallest absolute Gasteiger partial charge is 0.000969 e. The van der Waals surface area contributed by atoms with Gasteiger partial charge in [-0.3, -0.25) is 0 Å². The molecule has 0 aromatic heterocycles. The molecule has 0 aromatic rings. The van der Waals surface area contributed by atoms with Gasteiger partial charge in [-0.2, -0.15) is 0 Å². The van der Waals surface area contributed by atoms with Crippen molar-refractivity contribution in [1.82, 2.24) is 10.2 Å². The van der Waals surface area contributed by atoms with Gasteiger partial charge in [-0.1, -0.05) is 71.1 Å². The molecule has 0 aromatic carbocycles. The molecule has 137 valence electrons. The van der Waals surface area contributed by atoms with E-state index in [2.05, 4.69) is 24.2 Å². The van der Waals surface area contributed by atoms with E-state index in [1.807, 2.05) is 0 Å².